The zero-order valence-electron chi connectivity index (χ0n) is 13.1. The van der Waals surface area contributed by atoms with Gasteiger partial charge in [-0.15, -0.1) is 11.8 Å². The molecule has 1 aromatic carbocycles. The summed E-state index contributed by atoms with van der Waals surface area (Å²) in [6.07, 6.45) is 0.288. The van der Waals surface area contributed by atoms with Gasteiger partial charge in [-0.2, -0.15) is 0 Å². The molecule has 0 aliphatic carbocycles. The molecule has 1 unspecified atom stereocenters. The van der Waals surface area contributed by atoms with Crippen LogP contribution in [0.5, 0.6) is 11.5 Å². The molecule has 7 heteroatoms. The van der Waals surface area contributed by atoms with E-state index in [0.717, 1.165) is 12.3 Å². The molecule has 1 aromatic rings. The van der Waals surface area contributed by atoms with E-state index in [9.17, 15) is 9.59 Å². The second kappa shape index (κ2) is 8.31. The van der Waals surface area contributed by atoms with Crippen LogP contribution in [-0.4, -0.2) is 45.9 Å². The SMILES string of the molecule is CC(=O)CC(=S)N1CCSC1COc1ccccc1OC(C)=O. The van der Waals surface area contributed by atoms with Crippen LogP contribution in [0.1, 0.15) is 20.3 Å². The third-order valence-electron chi connectivity index (χ3n) is 3.19. The van der Waals surface area contributed by atoms with E-state index < -0.39 is 0 Å². The number of nitrogens with zero attached hydrogens (tertiary/aromatic N) is 1. The average Bonchev–Trinajstić information content (AvgIpc) is 2.93. The molecule has 0 N–H and O–H groups in total. The summed E-state index contributed by atoms with van der Waals surface area (Å²) in [7, 11) is 0. The first kappa shape index (κ1) is 17.7. The number of benzene rings is 1. The molecule has 0 aromatic heterocycles. The van der Waals surface area contributed by atoms with Crippen molar-refractivity contribution < 1.29 is 19.1 Å². The van der Waals surface area contributed by atoms with Crippen LogP contribution < -0.4 is 9.47 Å². The molecule has 1 fully saturated rings. The van der Waals surface area contributed by atoms with Gasteiger partial charge in [-0.25, -0.2) is 0 Å². The number of Topliss-reactive ketones (excluding diaryl/α,β-unsaturated/α-hetero) is 1. The molecule has 124 valence electrons. The Morgan fingerprint density at radius 2 is 2.00 bits per heavy atom. The van der Waals surface area contributed by atoms with Crippen molar-refractivity contribution in [1.82, 2.24) is 4.90 Å². The number of thiocarbonyl (C=S) groups is 1. The molecule has 5 nitrogen and oxygen atoms in total. The van der Waals surface area contributed by atoms with Gasteiger partial charge in [-0.05, 0) is 19.1 Å². The van der Waals surface area contributed by atoms with E-state index in [1.54, 1.807) is 30.0 Å². The van der Waals surface area contributed by atoms with Crippen LogP contribution in [0, 0.1) is 0 Å². The lowest BCUT2D eigenvalue weighted by atomic mass is 10.3. The lowest BCUT2D eigenvalue weighted by Gasteiger charge is -2.26. The molecular formula is C16H19NO4S2. The third kappa shape index (κ3) is 5.21. The second-order valence-corrected chi connectivity index (χ2v) is 6.90. The zero-order chi connectivity index (χ0) is 16.8. The van der Waals surface area contributed by atoms with Crippen molar-refractivity contribution in [2.45, 2.75) is 25.6 Å². The van der Waals surface area contributed by atoms with Crippen LogP contribution in [0.15, 0.2) is 24.3 Å². The molecule has 1 heterocycles. The van der Waals surface area contributed by atoms with Crippen molar-refractivity contribution in [2.75, 3.05) is 18.9 Å². The van der Waals surface area contributed by atoms with Gasteiger partial charge in [-0.3, -0.25) is 9.59 Å². The topological polar surface area (TPSA) is 55.8 Å². The van der Waals surface area contributed by atoms with Crippen molar-refractivity contribution >= 4 is 40.7 Å². The highest BCUT2D eigenvalue weighted by molar-refractivity contribution is 8.00. The number of thioether (sulfide) groups is 1. The van der Waals surface area contributed by atoms with Crippen LogP contribution in [-0.2, 0) is 9.59 Å². The van der Waals surface area contributed by atoms with Crippen LogP contribution in [0.2, 0.25) is 0 Å². The number of carbonyl (C=O) groups is 2. The van der Waals surface area contributed by atoms with E-state index >= 15 is 0 Å². The fourth-order valence-corrected chi connectivity index (χ4v) is 3.87. The molecule has 1 saturated heterocycles. The minimum Gasteiger partial charge on any atom is -0.487 e. The standard InChI is InChI=1S/C16H19NO4S2/c1-11(18)9-15(22)17-7-8-23-16(17)10-20-13-5-3-4-6-14(13)21-12(2)19/h3-6,16H,7-10H2,1-2H3. The van der Waals surface area contributed by atoms with Crippen molar-refractivity contribution in [2.24, 2.45) is 0 Å². The van der Waals surface area contributed by atoms with Crippen LogP contribution >= 0.6 is 24.0 Å². The summed E-state index contributed by atoms with van der Waals surface area (Å²) in [6.45, 7) is 4.11. The number of ketones is 1. The molecular weight excluding hydrogens is 334 g/mol. The predicted octanol–water partition coefficient (Wildman–Crippen LogP) is 2.67. The van der Waals surface area contributed by atoms with Gasteiger partial charge in [0.2, 0.25) is 0 Å². The highest BCUT2D eigenvalue weighted by Crippen LogP contribution is 2.30. The number of esters is 1. The van der Waals surface area contributed by atoms with Crippen molar-refractivity contribution in [1.29, 1.82) is 0 Å². The molecule has 0 saturated carbocycles. The summed E-state index contributed by atoms with van der Waals surface area (Å²) >= 11 is 7.09. The Hall–Kier alpha value is -1.60. The summed E-state index contributed by atoms with van der Waals surface area (Å²) < 4.78 is 11.0. The van der Waals surface area contributed by atoms with Gasteiger partial charge in [-0.1, -0.05) is 24.4 Å². The Labute approximate surface area is 145 Å². The monoisotopic (exact) mass is 353 g/mol. The molecule has 0 bridgehead atoms. The quantitative estimate of drug-likeness (QED) is 0.443. The first-order valence-corrected chi connectivity index (χ1v) is 8.74. The van der Waals surface area contributed by atoms with Gasteiger partial charge in [0.25, 0.3) is 0 Å². The molecule has 2 rings (SSSR count). The van der Waals surface area contributed by atoms with Crippen LogP contribution in [0.25, 0.3) is 0 Å². The Morgan fingerprint density at radius 1 is 1.30 bits per heavy atom. The molecule has 1 aliphatic rings. The van der Waals surface area contributed by atoms with E-state index in [2.05, 4.69) is 0 Å². The van der Waals surface area contributed by atoms with Crippen LogP contribution in [0.4, 0.5) is 0 Å². The highest BCUT2D eigenvalue weighted by Gasteiger charge is 2.28. The first-order valence-electron chi connectivity index (χ1n) is 7.28. The molecule has 0 amide bonds. The largest absolute Gasteiger partial charge is 0.487 e. The number of carbonyl (C=O) groups excluding carboxylic acids is 2. The number of para-hydroxylation sites is 2. The van der Waals surface area contributed by atoms with E-state index in [-0.39, 0.29) is 23.5 Å². The van der Waals surface area contributed by atoms with Crippen LogP contribution in [0.3, 0.4) is 0 Å². The Bertz CT molecular complexity index is 605. The van der Waals surface area contributed by atoms with Gasteiger partial charge >= 0.3 is 5.97 Å². The second-order valence-electron chi connectivity index (χ2n) is 5.14. The lowest BCUT2D eigenvalue weighted by molar-refractivity contribution is -0.132. The van der Waals surface area contributed by atoms with Gasteiger partial charge < -0.3 is 14.4 Å². The number of rotatable bonds is 6. The Balaban J connectivity index is 1.98. The summed E-state index contributed by atoms with van der Waals surface area (Å²) in [5, 5.41) is 0.0623. The fourth-order valence-electron chi connectivity index (χ4n) is 2.23. The zero-order valence-corrected chi connectivity index (χ0v) is 14.7. The van der Waals surface area contributed by atoms with Crippen molar-refractivity contribution in [3.8, 4) is 11.5 Å². The van der Waals surface area contributed by atoms with Gasteiger partial charge in [0, 0.05) is 19.2 Å². The maximum atomic E-state index is 11.2. The number of hydrogen-bond acceptors (Lipinski definition) is 6. The molecule has 1 aliphatic heterocycles. The van der Waals surface area contributed by atoms with Gasteiger partial charge in [0.05, 0.1) is 11.4 Å². The molecule has 0 radical (unpaired) electrons. The molecule has 23 heavy (non-hydrogen) atoms. The van der Waals surface area contributed by atoms with E-state index in [4.69, 9.17) is 21.7 Å². The third-order valence-corrected chi connectivity index (χ3v) is 4.77. The predicted molar refractivity (Wildman–Crippen MR) is 94.1 cm³/mol. The maximum Gasteiger partial charge on any atom is 0.308 e. The van der Waals surface area contributed by atoms with E-state index in [0.29, 0.717) is 23.1 Å². The van der Waals surface area contributed by atoms with Gasteiger partial charge in [0.15, 0.2) is 11.5 Å². The number of hydrogen-bond donors (Lipinski definition) is 0. The minimum absolute atomic E-state index is 0.0618. The minimum atomic E-state index is -0.388. The maximum absolute atomic E-state index is 11.2. The highest BCUT2D eigenvalue weighted by atomic mass is 32.2. The number of ether oxygens (including phenoxy) is 2. The van der Waals surface area contributed by atoms with Crippen molar-refractivity contribution in [3.63, 3.8) is 0 Å². The smallest absolute Gasteiger partial charge is 0.308 e. The summed E-state index contributed by atoms with van der Waals surface area (Å²) in [5.41, 5.74) is 0. The van der Waals surface area contributed by atoms with Gasteiger partial charge in [0.1, 0.15) is 17.8 Å². The normalized spacial score (nSPS) is 17.0. The lowest BCUT2D eigenvalue weighted by Crippen LogP contribution is -2.37. The molecule has 0 spiro atoms. The Morgan fingerprint density at radius 3 is 2.65 bits per heavy atom. The fraction of sp³-hybridized carbons (Fsp3) is 0.438. The molecule has 1 atom stereocenters. The van der Waals surface area contributed by atoms with Crippen molar-refractivity contribution in [3.05, 3.63) is 24.3 Å². The van der Waals surface area contributed by atoms with E-state index in [1.165, 1.54) is 13.8 Å². The summed E-state index contributed by atoms with van der Waals surface area (Å²) in [5.74, 6) is 1.54. The average molecular weight is 353 g/mol. The summed E-state index contributed by atoms with van der Waals surface area (Å²) in [6, 6.07) is 7.05. The summed E-state index contributed by atoms with van der Waals surface area (Å²) in [4.78, 5) is 25.1. The first-order chi connectivity index (χ1) is 11.0. The Kier molecular flexibility index (Phi) is 6.41. The van der Waals surface area contributed by atoms with E-state index in [1.807, 2.05) is 11.0 Å².